The fourth-order valence-electron chi connectivity index (χ4n) is 1.83. The Morgan fingerprint density at radius 2 is 2.33 bits per heavy atom. The second-order valence-electron chi connectivity index (χ2n) is 3.81. The van der Waals surface area contributed by atoms with E-state index in [0.717, 1.165) is 17.4 Å². The summed E-state index contributed by atoms with van der Waals surface area (Å²) in [6.07, 6.45) is 5.26. The lowest BCUT2D eigenvalue weighted by atomic mass is 10.3. The van der Waals surface area contributed by atoms with Crippen LogP contribution in [0.1, 0.15) is 5.69 Å². The topological polar surface area (TPSA) is 55.3 Å². The van der Waals surface area contributed by atoms with Gasteiger partial charge in [-0.05, 0) is 30.0 Å². The lowest BCUT2D eigenvalue weighted by Crippen LogP contribution is -2.13. The molecule has 2 aromatic rings. The van der Waals surface area contributed by atoms with Gasteiger partial charge in [0.05, 0.1) is 16.9 Å². The maximum Gasteiger partial charge on any atom is 0.188 e. The number of thioether (sulfide) groups is 1. The highest BCUT2D eigenvalue weighted by Gasteiger charge is 2.17. The summed E-state index contributed by atoms with van der Waals surface area (Å²) in [6, 6.07) is 5.65. The van der Waals surface area contributed by atoms with E-state index in [4.69, 9.17) is 5.73 Å². The number of hydrogen-bond donors (Lipinski definition) is 2. The van der Waals surface area contributed by atoms with Crippen LogP contribution in [0.25, 0.3) is 11.3 Å². The van der Waals surface area contributed by atoms with Crippen LogP contribution in [0.15, 0.2) is 46.9 Å². The highest BCUT2D eigenvalue weighted by atomic mass is 32.2. The predicted octanol–water partition coefficient (Wildman–Crippen LogP) is 2.07. The van der Waals surface area contributed by atoms with Crippen LogP contribution in [0, 0.1) is 0 Å². The molecule has 0 saturated carbocycles. The van der Waals surface area contributed by atoms with Gasteiger partial charge in [-0.15, -0.1) is 0 Å². The van der Waals surface area contributed by atoms with Crippen LogP contribution in [0.4, 0.5) is 4.39 Å². The number of rotatable bonds is 1. The number of fused-ring (bicyclic) bond motifs is 1. The average molecular weight is 262 g/mol. The number of imidazole rings is 1. The van der Waals surface area contributed by atoms with Crippen molar-refractivity contribution in [2.24, 2.45) is 5.73 Å². The summed E-state index contributed by atoms with van der Waals surface area (Å²) >= 11 is 0.925. The zero-order valence-corrected chi connectivity index (χ0v) is 10.2. The first-order chi connectivity index (χ1) is 8.75. The summed E-state index contributed by atoms with van der Waals surface area (Å²) in [5.74, 6) is 0. The number of aromatic nitrogens is 2. The van der Waals surface area contributed by atoms with Gasteiger partial charge in [0, 0.05) is 12.7 Å². The molecule has 0 saturated heterocycles. The molecule has 1 aliphatic rings. The van der Waals surface area contributed by atoms with Crippen molar-refractivity contribution in [1.29, 1.82) is 0 Å². The van der Waals surface area contributed by atoms with Crippen molar-refractivity contribution in [3.63, 3.8) is 0 Å². The molecule has 4 nitrogen and oxygen atoms in total. The molecule has 0 bridgehead atoms. The Kier molecular flexibility index (Phi) is 2.71. The van der Waals surface area contributed by atoms with Gasteiger partial charge in [-0.1, -0.05) is 6.07 Å². The third-order valence-electron chi connectivity index (χ3n) is 2.66. The van der Waals surface area contributed by atoms with Gasteiger partial charge >= 0.3 is 0 Å². The highest BCUT2D eigenvalue weighted by Crippen LogP contribution is 2.31. The third-order valence-corrected chi connectivity index (χ3v) is 3.44. The summed E-state index contributed by atoms with van der Waals surface area (Å²) in [6.45, 7) is 0.502. The van der Waals surface area contributed by atoms with Crippen molar-refractivity contribution in [2.45, 2.75) is 0 Å². The third kappa shape index (κ3) is 1.84. The van der Waals surface area contributed by atoms with Crippen molar-refractivity contribution < 1.29 is 4.39 Å². The molecule has 2 aromatic heterocycles. The number of halogens is 1. The summed E-state index contributed by atoms with van der Waals surface area (Å²) in [7, 11) is 0. The molecule has 0 atom stereocenters. The van der Waals surface area contributed by atoms with Gasteiger partial charge in [0.2, 0.25) is 0 Å². The summed E-state index contributed by atoms with van der Waals surface area (Å²) < 4.78 is 15.9. The minimum Gasteiger partial charge on any atom is -0.393 e. The van der Waals surface area contributed by atoms with Crippen molar-refractivity contribution in [3.8, 4) is 0 Å². The van der Waals surface area contributed by atoms with Crippen molar-refractivity contribution >= 4 is 23.1 Å². The number of pyridine rings is 1. The van der Waals surface area contributed by atoms with Gasteiger partial charge in [0.25, 0.3) is 0 Å². The first-order valence-electron chi connectivity index (χ1n) is 5.45. The van der Waals surface area contributed by atoms with Gasteiger partial charge in [0.1, 0.15) is 11.3 Å². The summed E-state index contributed by atoms with van der Waals surface area (Å²) in [5, 5.41) is 3.14. The van der Waals surface area contributed by atoms with Crippen LogP contribution >= 0.6 is 11.8 Å². The van der Waals surface area contributed by atoms with Gasteiger partial charge < -0.3 is 11.1 Å². The molecular weight excluding hydrogens is 251 g/mol. The first kappa shape index (κ1) is 11.2. The zero-order chi connectivity index (χ0) is 12.5. The quantitative estimate of drug-likeness (QED) is 0.826. The van der Waals surface area contributed by atoms with E-state index in [-0.39, 0.29) is 5.16 Å². The Balaban J connectivity index is 2.12. The van der Waals surface area contributed by atoms with E-state index in [1.54, 1.807) is 12.3 Å². The molecule has 0 radical (unpaired) electrons. The maximum atomic E-state index is 14.1. The molecule has 3 heterocycles. The van der Waals surface area contributed by atoms with E-state index >= 15 is 0 Å². The molecule has 3 rings (SSSR count). The first-order valence-corrected chi connectivity index (χ1v) is 6.27. The van der Waals surface area contributed by atoms with Crippen LogP contribution in [-0.2, 0) is 0 Å². The van der Waals surface area contributed by atoms with Crippen LogP contribution < -0.4 is 11.1 Å². The summed E-state index contributed by atoms with van der Waals surface area (Å²) in [4.78, 5) is 4.24. The summed E-state index contributed by atoms with van der Waals surface area (Å²) in [5.41, 5.74) is 7.54. The minimum atomic E-state index is -0.341. The van der Waals surface area contributed by atoms with E-state index in [0.29, 0.717) is 23.0 Å². The molecule has 92 valence electrons. The number of nitrogens with zero attached hydrogens (tertiary/aromatic N) is 2. The Bertz CT molecular complexity index is 659. The van der Waals surface area contributed by atoms with Crippen molar-refractivity contribution in [2.75, 3.05) is 6.54 Å². The van der Waals surface area contributed by atoms with Gasteiger partial charge in [-0.25, -0.2) is 4.98 Å². The fraction of sp³-hybridized carbons (Fsp3) is 0.0833. The van der Waals surface area contributed by atoms with Crippen LogP contribution in [-0.4, -0.2) is 15.9 Å². The van der Waals surface area contributed by atoms with Crippen LogP contribution in [0.2, 0.25) is 0 Å². The molecule has 0 amide bonds. The monoisotopic (exact) mass is 262 g/mol. The normalized spacial score (nSPS) is 16.4. The highest BCUT2D eigenvalue weighted by molar-refractivity contribution is 8.06. The Labute approximate surface area is 107 Å². The van der Waals surface area contributed by atoms with Gasteiger partial charge in [-0.3, -0.25) is 4.40 Å². The number of nitrogens with two attached hydrogens (primary N) is 1. The van der Waals surface area contributed by atoms with Crippen LogP contribution in [0.5, 0.6) is 0 Å². The lowest BCUT2D eigenvalue weighted by molar-refractivity contribution is 0.694. The average Bonchev–Trinajstić information content (AvgIpc) is 2.70. The van der Waals surface area contributed by atoms with E-state index in [1.807, 2.05) is 28.8 Å². The fourth-order valence-corrected chi connectivity index (χ4v) is 2.48. The number of nitrogens with one attached hydrogen (secondary N) is 1. The maximum absolute atomic E-state index is 14.1. The molecule has 6 heteroatoms. The molecule has 0 fully saturated rings. The van der Waals surface area contributed by atoms with E-state index in [1.165, 1.54) is 0 Å². The molecule has 1 aliphatic heterocycles. The molecule has 18 heavy (non-hydrogen) atoms. The predicted molar refractivity (Wildman–Crippen MR) is 71.1 cm³/mol. The molecule has 3 N–H and O–H groups in total. The molecule has 0 aliphatic carbocycles. The van der Waals surface area contributed by atoms with Gasteiger partial charge in [-0.2, -0.15) is 4.39 Å². The lowest BCUT2D eigenvalue weighted by Gasteiger charge is -2.08. The van der Waals surface area contributed by atoms with Crippen LogP contribution in [0.3, 0.4) is 0 Å². The molecule has 0 aromatic carbocycles. The minimum absolute atomic E-state index is 0.341. The SMILES string of the molecule is NC1=CCNC(c2cnc3ccccn23)=C(F)S1. The second kappa shape index (κ2) is 4.38. The van der Waals surface area contributed by atoms with Crippen molar-refractivity contribution in [3.05, 3.63) is 52.6 Å². The molecule has 0 spiro atoms. The van der Waals surface area contributed by atoms with Gasteiger partial charge in [0.15, 0.2) is 5.16 Å². The standard InChI is InChI=1S/C12H11FN4S/c13-12-11(15-5-4-9(14)18-12)8-7-16-10-3-1-2-6-17(8)10/h1-4,6-7,15H,5,14H2. The molecular formula is C12H11FN4S. The van der Waals surface area contributed by atoms with E-state index in [2.05, 4.69) is 10.3 Å². The number of hydrogen-bond acceptors (Lipinski definition) is 4. The zero-order valence-electron chi connectivity index (χ0n) is 9.43. The molecule has 0 unspecified atom stereocenters. The van der Waals surface area contributed by atoms with E-state index in [9.17, 15) is 4.39 Å². The Hall–Kier alpha value is -1.95. The smallest absolute Gasteiger partial charge is 0.188 e. The second-order valence-corrected chi connectivity index (χ2v) is 4.84. The Morgan fingerprint density at radius 3 is 3.22 bits per heavy atom. The van der Waals surface area contributed by atoms with Crippen molar-refractivity contribution in [1.82, 2.24) is 14.7 Å². The largest absolute Gasteiger partial charge is 0.393 e. The van der Waals surface area contributed by atoms with E-state index < -0.39 is 0 Å². The Morgan fingerprint density at radius 1 is 1.44 bits per heavy atom.